The van der Waals surface area contributed by atoms with Gasteiger partial charge in [0.25, 0.3) is 0 Å². The summed E-state index contributed by atoms with van der Waals surface area (Å²) in [6, 6.07) is 0. The highest BCUT2D eigenvalue weighted by molar-refractivity contribution is 6.32. The number of fused-ring (bicyclic) bond motifs is 1. The lowest BCUT2D eigenvalue weighted by atomic mass is 10.1. The number of rotatable bonds is 1. The lowest BCUT2D eigenvalue weighted by Crippen LogP contribution is -2.21. The Hall–Kier alpha value is -1.70. The Kier molecular flexibility index (Phi) is 6.23. The molecule has 1 unspecified atom stereocenters. The minimum Gasteiger partial charge on any atom is -0.391 e. The fraction of sp³-hybridized carbons (Fsp3) is 0.588. The van der Waals surface area contributed by atoms with Crippen LogP contribution in [-0.4, -0.2) is 44.2 Å². The molecule has 4 heterocycles. The summed E-state index contributed by atoms with van der Waals surface area (Å²) < 4.78 is 6.98. The van der Waals surface area contributed by atoms with Gasteiger partial charge in [0.1, 0.15) is 0 Å². The highest BCUT2D eigenvalue weighted by atomic mass is 35.5. The van der Waals surface area contributed by atoms with Crippen molar-refractivity contribution in [2.45, 2.75) is 51.2 Å². The van der Waals surface area contributed by atoms with Gasteiger partial charge in [-0.2, -0.15) is 5.10 Å². The van der Waals surface area contributed by atoms with Crippen LogP contribution < -0.4 is 5.73 Å². The van der Waals surface area contributed by atoms with Gasteiger partial charge in [-0.25, -0.2) is 9.97 Å². The van der Waals surface area contributed by atoms with Gasteiger partial charge in [-0.15, -0.1) is 0 Å². The van der Waals surface area contributed by atoms with E-state index < -0.39 is 0 Å². The standard InChI is InChI=1S/C12H14ClN5.C5H10O2/c13-9-7-15-12(14)17-11(9)8-6-16-18-5-3-1-2-4-10(8)18;6-5-2-1-3-7-4-5/h6-7H,1-5H2,(H2,14,15,17);5-6H,1-4H2. The first-order valence-corrected chi connectivity index (χ1v) is 9.12. The molecule has 4 rings (SSSR count). The quantitative estimate of drug-likeness (QED) is 0.805. The van der Waals surface area contributed by atoms with Crippen LogP contribution in [0.4, 0.5) is 5.95 Å². The Morgan fingerprint density at radius 3 is 2.84 bits per heavy atom. The average Bonchev–Trinajstić information content (AvgIpc) is 2.86. The van der Waals surface area contributed by atoms with Gasteiger partial charge in [-0.1, -0.05) is 18.0 Å². The van der Waals surface area contributed by atoms with E-state index in [0.717, 1.165) is 38.0 Å². The third kappa shape index (κ3) is 4.68. The topological polar surface area (TPSA) is 99.1 Å². The maximum Gasteiger partial charge on any atom is 0.220 e. The molecule has 0 saturated carbocycles. The van der Waals surface area contributed by atoms with Crippen LogP contribution in [0.15, 0.2) is 12.4 Å². The van der Waals surface area contributed by atoms with Crippen molar-refractivity contribution >= 4 is 17.5 Å². The van der Waals surface area contributed by atoms with E-state index in [1.165, 1.54) is 25.0 Å². The number of nitrogens with zero attached hydrogens (tertiary/aromatic N) is 4. The number of hydrogen-bond acceptors (Lipinski definition) is 6. The fourth-order valence-electron chi connectivity index (χ4n) is 3.09. The molecule has 1 saturated heterocycles. The summed E-state index contributed by atoms with van der Waals surface area (Å²) in [6.07, 6.45) is 9.71. The number of hydrogen-bond donors (Lipinski definition) is 2. The molecular formula is C17H24ClN5O2. The van der Waals surface area contributed by atoms with Crippen LogP contribution in [0.2, 0.25) is 5.02 Å². The zero-order valence-electron chi connectivity index (χ0n) is 14.2. The molecule has 136 valence electrons. The summed E-state index contributed by atoms with van der Waals surface area (Å²) in [4.78, 5) is 8.12. The molecule has 3 N–H and O–H groups in total. The molecule has 0 bridgehead atoms. The van der Waals surface area contributed by atoms with Gasteiger partial charge in [-0.3, -0.25) is 4.68 Å². The molecule has 2 aliphatic heterocycles. The normalized spacial score (nSPS) is 20.2. The molecule has 0 aromatic carbocycles. The molecule has 0 aliphatic carbocycles. The summed E-state index contributed by atoms with van der Waals surface area (Å²) in [5.74, 6) is 0.239. The van der Waals surface area contributed by atoms with Crippen LogP contribution in [0.5, 0.6) is 0 Å². The Bertz CT molecular complexity index is 700. The molecule has 2 aliphatic rings. The average molecular weight is 366 g/mol. The molecule has 0 radical (unpaired) electrons. The van der Waals surface area contributed by atoms with Crippen molar-refractivity contribution in [2.24, 2.45) is 0 Å². The van der Waals surface area contributed by atoms with Crippen molar-refractivity contribution in [1.82, 2.24) is 19.7 Å². The summed E-state index contributed by atoms with van der Waals surface area (Å²) in [7, 11) is 0. The molecule has 1 atom stereocenters. The van der Waals surface area contributed by atoms with Crippen LogP contribution in [0, 0.1) is 0 Å². The van der Waals surface area contributed by atoms with Crippen molar-refractivity contribution in [3.05, 3.63) is 23.1 Å². The first-order chi connectivity index (χ1) is 12.1. The minimum atomic E-state index is -0.186. The van der Waals surface area contributed by atoms with E-state index in [2.05, 4.69) is 19.7 Å². The zero-order valence-corrected chi connectivity index (χ0v) is 15.0. The smallest absolute Gasteiger partial charge is 0.220 e. The number of aryl methyl sites for hydroxylation is 1. The molecule has 7 nitrogen and oxygen atoms in total. The largest absolute Gasteiger partial charge is 0.391 e. The van der Waals surface area contributed by atoms with Gasteiger partial charge in [-0.05, 0) is 32.1 Å². The number of aromatic nitrogens is 4. The van der Waals surface area contributed by atoms with Crippen molar-refractivity contribution < 1.29 is 9.84 Å². The number of nitrogens with two attached hydrogens (primary N) is 1. The van der Waals surface area contributed by atoms with Crippen LogP contribution in [0.3, 0.4) is 0 Å². The highest BCUT2D eigenvalue weighted by Crippen LogP contribution is 2.30. The summed E-state index contributed by atoms with van der Waals surface area (Å²) in [6.45, 7) is 2.34. The molecule has 2 aromatic rings. The van der Waals surface area contributed by atoms with Gasteiger partial charge < -0.3 is 15.6 Å². The molecule has 2 aromatic heterocycles. The van der Waals surface area contributed by atoms with Gasteiger partial charge in [0.2, 0.25) is 5.95 Å². The van der Waals surface area contributed by atoms with Crippen LogP contribution in [0.1, 0.15) is 37.8 Å². The third-order valence-corrected chi connectivity index (χ3v) is 4.66. The van der Waals surface area contributed by atoms with Crippen molar-refractivity contribution in [1.29, 1.82) is 0 Å². The Morgan fingerprint density at radius 1 is 1.24 bits per heavy atom. The van der Waals surface area contributed by atoms with Crippen molar-refractivity contribution in [3.63, 3.8) is 0 Å². The Labute approximate surface area is 152 Å². The molecule has 0 spiro atoms. The van der Waals surface area contributed by atoms with Crippen LogP contribution in [0.25, 0.3) is 11.3 Å². The summed E-state index contributed by atoms with van der Waals surface area (Å²) in [5, 5.41) is 13.7. The zero-order chi connectivity index (χ0) is 17.6. The van der Waals surface area contributed by atoms with Crippen LogP contribution >= 0.6 is 11.6 Å². The predicted molar refractivity (Wildman–Crippen MR) is 96.3 cm³/mol. The SMILES string of the molecule is Nc1ncc(Cl)c(-c2cnn3c2CCCCC3)n1.OC1CCCOC1. The number of ether oxygens (including phenoxy) is 1. The second kappa shape index (κ2) is 8.60. The molecule has 8 heteroatoms. The number of aliphatic hydroxyl groups is 1. The predicted octanol–water partition coefficient (Wildman–Crippen LogP) is 2.46. The molecule has 0 amide bonds. The van der Waals surface area contributed by atoms with Gasteiger partial charge in [0, 0.05) is 24.4 Å². The van der Waals surface area contributed by atoms with E-state index in [0.29, 0.717) is 17.3 Å². The maximum absolute atomic E-state index is 8.78. The fourth-order valence-corrected chi connectivity index (χ4v) is 3.28. The minimum absolute atomic E-state index is 0.186. The first-order valence-electron chi connectivity index (χ1n) is 8.74. The molecule has 1 fully saturated rings. The van der Waals surface area contributed by atoms with Crippen molar-refractivity contribution in [3.8, 4) is 11.3 Å². The number of aliphatic hydroxyl groups excluding tert-OH is 1. The van der Waals surface area contributed by atoms with E-state index >= 15 is 0 Å². The Morgan fingerprint density at radius 2 is 2.12 bits per heavy atom. The summed E-state index contributed by atoms with van der Waals surface area (Å²) >= 11 is 6.15. The lowest BCUT2D eigenvalue weighted by Gasteiger charge is -2.15. The van der Waals surface area contributed by atoms with Crippen LogP contribution in [-0.2, 0) is 17.7 Å². The second-order valence-electron chi connectivity index (χ2n) is 6.33. The first kappa shape index (κ1) is 18.1. The van der Waals surface area contributed by atoms with E-state index in [4.69, 9.17) is 27.2 Å². The van der Waals surface area contributed by atoms with E-state index in [-0.39, 0.29) is 12.1 Å². The summed E-state index contributed by atoms with van der Waals surface area (Å²) in [5.41, 5.74) is 8.50. The number of nitrogen functional groups attached to an aromatic ring is 1. The lowest BCUT2D eigenvalue weighted by molar-refractivity contribution is -0.00535. The van der Waals surface area contributed by atoms with E-state index in [1.807, 2.05) is 6.20 Å². The second-order valence-corrected chi connectivity index (χ2v) is 6.74. The van der Waals surface area contributed by atoms with Crippen molar-refractivity contribution in [2.75, 3.05) is 18.9 Å². The molecule has 25 heavy (non-hydrogen) atoms. The van der Waals surface area contributed by atoms with Gasteiger partial charge in [0.15, 0.2) is 0 Å². The molecular weight excluding hydrogens is 342 g/mol. The van der Waals surface area contributed by atoms with E-state index in [1.54, 1.807) is 6.20 Å². The highest BCUT2D eigenvalue weighted by Gasteiger charge is 2.18. The number of halogens is 1. The van der Waals surface area contributed by atoms with Gasteiger partial charge in [0.05, 0.1) is 35.8 Å². The third-order valence-electron chi connectivity index (χ3n) is 4.39. The number of anilines is 1. The van der Waals surface area contributed by atoms with E-state index in [9.17, 15) is 0 Å². The maximum atomic E-state index is 8.78. The van der Waals surface area contributed by atoms with Gasteiger partial charge >= 0.3 is 0 Å². The monoisotopic (exact) mass is 365 g/mol. The Balaban J connectivity index is 0.000000219.